The zero-order valence-electron chi connectivity index (χ0n) is 8.62. The summed E-state index contributed by atoms with van der Waals surface area (Å²) in [4.78, 5) is 3.89. The molecule has 1 rings (SSSR count). The highest BCUT2D eigenvalue weighted by Crippen LogP contribution is 2.21. The molecule has 0 aromatic heterocycles. The predicted octanol–water partition coefficient (Wildman–Crippen LogP) is 2.82. The van der Waals surface area contributed by atoms with Crippen LogP contribution in [0.3, 0.4) is 0 Å². The maximum atomic E-state index is 6.00. The van der Waals surface area contributed by atoms with Gasteiger partial charge in [0, 0.05) is 16.6 Å². The van der Waals surface area contributed by atoms with Crippen molar-refractivity contribution in [3.05, 3.63) is 33.8 Å². The molecule has 0 unspecified atom stereocenters. The summed E-state index contributed by atoms with van der Waals surface area (Å²) < 4.78 is 0. The van der Waals surface area contributed by atoms with E-state index in [4.69, 9.17) is 34.7 Å². The Morgan fingerprint density at radius 1 is 1.25 bits per heavy atom. The summed E-state index contributed by atoms with van der Waals surface area (Å²) in [6, 6.07) is 5.47. The van der Waals surface area contributed by atoms with Gasteiger partial charge in [-0.05, 0) is 30.5 Å². The Morgan fingerprint density at radius 3 is 2.50 bits per heavy atom. The van der Waals surface area contributed by atoms with Crippen molar-refractivity contribution < 1.29 is 0 Å². The lowest BCUT2D eigenvalue weighted by molar-refractivity contribution is 0.831. The number of aryl methyl sites for hydroxylation is 1. The highest BCUT2D eigenvalue weighted by atomic mass is 127. The molecule has 1 aromatic carbocycles. The SMILES string of the molecule is I.NC(N)=NCCCc1ccc(Cl)cc1Cl. The summed E-state index contributed by atoms with van der Waals surface area (Å²) in [5.74, 6) is 0.122. The molecule has 3 nitrogen and oxygen atoms in total. The van der Waals surface area contributed by atoms with Crippen molar-refractivity contribution >= 4 is 53.1 Å². The first-order valence-corrected chi connectivity index (χ1v) is 5.34. The van der Waals surface area contributed by atoms with Crippen LogP contribution in [0.15, 0.2) is 23.2 Å². The van der Waals surface area contributed by atoms with Crippen molar-refractivity contribution in [1.29, 1.82) is 0 Å². The second-order valence-corrected chi connectivity index (χ2v) is 3.99. The molecule has 0 amide bonds. The molecule has 0 aliphatic rings. The second-order valence-electron chi connectivity index (χ2n) is 3.15. The number of rotatable bonds is 4. The molecule has 0 spiro atoms. The highest BCUT2D eigenvalue weighted by Gasteiger charge is 2.00. The first-order valence-electron chi connectivity index (χ1n) is 4.59. The zero-order chi connectivity index (χ0) is 11.3. The maximum Gasteiger partial charge on any atom is 0.185 e. The van der Waals surface area contributed by atoms with Gasteiger partial charge < -0.3 is 11.5 Å². The minimum Gasteiger partial charge on any atom is -0.370 e. The molecule has 0 radical (unpaired) electrons. The van der Waals surface area contributed by atoms with Crippen LogP contribution in [0.25, 0.3) is 0 Å². The topological polar surface area (TPSA) is 64.4 Å². The van der Waals surface area contributed by atoms with Crippen molar-refractivity contribution in [2.24, 2.45) is 16.5 Å². The van der Waals surface area contributed by atoms with E-state index in [-0.39, 0.29) is 29.9 Å². The molecular weight excluding hydrogens is 360 g/mol. The number of nitrogens with zero attached hydrogens (tertiary/aromatic N) is 1. The zero-order valence-corrected chi connectivity index (χ0v) is 12.5. The van der Waals surface area contributed by atoms with Crippen LogP contribution in [-0.2, 0) is 6.42 Å². The van der Waals surface area contributed by atoms with Crippen LogP contribution in [0, 0.1) is 0 Å². The molecule has 0 bridgehead atoms. The smallest absolute Gasteiger partial charge is 0.185 e. The van der Waals surface area contributed by atoms with E-state index in [1.54, 1.807) is 6.07 Å². The molecule has 4 N–H and O–H groups in total. The largest absolute Gasteiger partial charge is 0.370 e. The Balaban J connectivity index is 0.00000225. The van der Waals surface area contributed by atoms with Gasteiger partial charge in [0.1, 0.15) is 0 Å². The van der Waals surface area contributed by atoms with Crippen LogP contribution in [-0.4, -0.2) is 12.5 Å². The molecule has 16 heavy (non-hydrogen) atoms. The number of guanidine groups is 1. The molecule has 1 aromatic rings. The number of hydrogen-bond donors (Lipinski definition) is 2. The molecule has 6 heteroatoms. The number of aliphatic imine (C=N–C) groups is 1. The van der Waals surface area contributed by atoms with Crippen molar-refractivity contribution in [2.45, 2.75) is 12.8 Å². The minimum atomic E-state index is 0. The third-order valence-corrected chi connectivity index (χ3v) is 2.50. The molecule has 0 saturated heterocycles. The highest BCUT2D eigenvalue weighted by molar-refractivity contribution is 14.0. The first-order chi connectivity index (χ1) is 7.09. The van der Waals surface area contributed by atoms with Crippen molar-refractivity contribution in [2.75, 3.05) is 6.54 Å². The molecule has 90 valence electrons. The summed E-state index contributed by atoms with van der Waals surface area (Å²) in [6.45, 7) is 0.612. The van der Waals surface area contributed by atoms with Crippen LogP contribution < -0.4 is 11.5 Å². The second kappa shape index (κ2) is 7.97. The fraction of sp³-hybridized carbons (Fsp3) is 0.300. The normalized spacial score (nSPS) is 9.38. The minimum absolute atomic E-state index is 0. The number of halogens is 3. The predicted molar refractivity (Wildman–Crippen MR) is 80.9 cm³/mol. The van der Waals surface area contributed by atoms with Gasteiger partial charge in [0.05, 0.1) is 0 Å². The van der Waals surface area contributed by atoms with Crippen molar-refractivity contribution in [3.8, 4) is 0 Å². The summed E-state index contributed by atoms with van der Waals surface area (Å²) >= 11 is 11.8. The van der Waals surface area contributed by atoms with Crippen LogP contribution in [0.5, 0.6) is 0 Å². The third-order valence-electron chi connectivity index (χ3n) is 1.91. The fourth-order valence-corrected chi connectivity index (χ4v) is 1.71. The summed E-state index contributed by atoms with van der Waals surface area (Å²) in [6.07, 6.45) is 1.70. The van der Waals surface area contributed by atoms with E-state index in [1.807, 2.05) is 12.1 Å². The van der Waals surface area contributed by atoms with E-state index in [0.29, 0.717) is 16.6 Å². The van der Waals surface area contributed by atoms with Crippen LogP contribution >= 0.6 is 47.2 Å². The maximum absolute atomic E-state index is 6.00. The molecule has 0 fully saturated rings. The number of hydrogen-bond acceptors (Lipinski definition) is 1. The van der Waals surface area contributed by atoms with Crippen molar-refractivity contribution in [1.82, 2.24) is 0 Å². The van der Waals surface area contributed by atoms with E-state index >= 15 is 0 Å². The van der Waals surface area contributed by atoms with Gasteiger partial charge in [0.15, 0.2) is 5.96 Å². The summed E-state index contributed by atoms with van der Waals surface area (Å²) in [5, 5.41) is 1.33. The molecule has 0 aliphatic heterocycles. The van der Waals surface area contributed by atoms with E-state index in [0.717, 1.165) is 18.4 Å². The van der Waals surface area contributed by atoms with E-state index in [1.165, 1.54) is 0 Å². The molecule has 0 aliphatic carbocycles. The van der Waals surface area contributed by atoms with Gasteiger partial charge in [-0.2, -0.15) is 0 Å². The first kappa shape index (κ1) is 15.8. The molecule has 0 saturated carbocycles. The number of benzene rings is 1. The molecule has 0 heterocycles. The standard InChI is InChI=1S/C10H13Cl2N3.HI/c11-8-4-3-7(9(12)6-8)2-1-5-15-10(13)14;/h3-4,6H,1-2,5H2,(H4,13,14,15);1H. The Kier molecular flexibility index (Phi) is 7.87. The molecular formula is C10H14Cl2IN3. The van der Waals surface area contributed by atoms with Gasteiger partial charge >= 0.3 is 0 Å². The van der Waals surface area contributed by atoms with Gasteiger partial charge in [0.2, 0.25) is 0 Å². The Morgan fingerprint density at radius 2 is 1.94 bits per heavy atom. The Labute approximate surface area is 122 Å². The van der Waals surface area contributed by atoms with Crippen LogP contribution in [0.1, 0.15) is 12.0 Å². The van der Waals surface area contributed by atoms with Gasteiger partial charge in [-0.3, -0.25) is 4.99 Å². The Bertz CT molecular complexity index is 365. The van der Waals surface area contributed by atoms with E-state index < -0.39 is 0 Å². The third kappa shape index (κ3) is 5.77. The number of nitrogens with two attached hydrogens (primary N) is 2. The summed E-state index contributed by atoms with van der Waals surface area (Å²) in [7, 11) is 0. The lowest BCUT2D eigenvalue weighted by atomic mass is 10.1. The van der Waals surface area contributed by atoms with Crippen LogP contribution in [0.2, 0.25) is 10.0 Å². The average Bonchev–Trinajstić information content (AvgIpc) is 2.14. The van der Waals surface area contributed by atoms with Gasteiger partial charge in [-0.15, -0.1) is 24.0 Å². The lowest BCUT2D eigenvalue weighted by Crippen LogP contribution is -2.23. The average molecular weight is 374 g/mol. The van der Waals surface area contributed by atoms with Gasteiger partial charge in [-0.25, -0.2) is 0 Å². The fourth-order valence-electron chi connectivity index (χ4n) is 1.20. The van der Waals surface area contributed by atoms with E-state index in [2.05, 4.69) is 4.99 Å². The Hall–Kier alpha value is -0.200. The monoisotopic (exact) mass is 373 g/mol. The van der Waals surface area contributed by atoms with Gasteiger partial charge in [-0.1, -0.05) is 29.3 Å². The lowest BCUT2D eigenvalue weighted by Gasteiger charge is -2.03. The molecule has 0 atom stereocenters. The summed E-state index contributed by atoms with van der Waals surface area (Å²) in [5.41, 5.74) is 11.5. The quantitative estimate of drug-likeness (QED) is 0.369. The van der Waals surface area contributed by atoms with Crippen molar-refractivity contribution in [3.63, 3.8) is 0 Å². The van der Waals surface area contributed by atoms with E-state index in [9.17, 15) is 0 Å². The van der Waals surface area contributed by atoms with Crippen LogP contribution in [0.4, 0.5) is 0 Å². The van der Waals surface area contributed by atoms with Gasteiger partial charge in [0.25, 0.3) is 0 Å².